The zero-order valence-corrected chi connectivity index (χ0v) is 22.4. The minimum atomic E-state index is -1.05. The molecule has 0 fully saturated rings. The van der Waals surface area contributed by atoms with Gasteiger partial charge in [0.05, 0.1) is 34.2 Å². The number of rotatable bonds is 24. The molecule has 1 N–H and O–H groups in total. The first kappa shape index (κ1) is 30.9. The van der Waals surface area contributed by atoms with Crippen molar-refractivity contribution in [1.82, 2.24) is 0 Å². The van der Waals surface area contributed by atoms with Crippen molar-refractivity contribution in [3.05, 3.63) is 0 Å². The Balaban J connectivity index is 3.24. The van der Waals surface area contributed by atoms with Gasteiger partial charge in [0.15, 0.2) is 0 Å². The monoisotopic (exact) mass is 442 g/mol. The molecule has 0 aliphatic heterocycles. The van der Waals surface area contributed by atoms with Gasteiger partial charge in [-0.15, -0.1) is 0 Å². The van der Waals surface area contributed by atoms with E-state index in [0.717, 1.165) is 6.42 Å². The van der Waals surface area contributed by atoms with Crippen LogP contribution in [0.25, 0.3) is 0 Å². The van der Waals surface area contributed by atoms with Gasteiger partial charge < -0.3 is 9.84 Å². The molecule has 0 heterocycles. The van der Waals surface area contributed by atoms with Crippen LogP contribution in [0.1, 0.15) is 149 Å². The molecule has 0 aromatic rings. The second-order valence-corrected chi connectivity index (χ2v) is 10.7. The molecule has 0 amide bonds. The Morgan fingerprint density at radius 1 is 0.516 bits per heavy atom. The van der Waals surface area contributed by atoms with Crippen LogP contribution in [-0.2, 0) is 4.74 Å². The van der Waals surface area contributed by atoms with E-state index in [4.69, 9.17) is 4.74 Å². The lowest BCUT2D eigenvalue weighted by atomic mass is 10.0. The van der Waals surface area contributed by atoms with Crippen LogP contribution in [0.4, 0.5) is 0 Å². The zero-order chi connectivity index (χ0) is 23.3. The molecule has 0 bridgehead atoms. The van der Waals surface area contributed by atoms with Gasteiger partial charge in [0.25, 0.3) is 0 Å². The maximum Gasteiger partial charge on any atom is 0.315 e. The molecular formula is C28H60NO2+. The maximum atomic E-state index is 10.6. The lowest BCUT2D eigenvalue weighted by molar-refractivity contribution is -0.980. The third-order valence-corrected chi connectivity index (χ3v) is 6.84. The predicted octanol–water partition coefficient (Wildman–Crippen LogP) is 8.59. The summed E-state index contributed by atoms with van der Waals surface area (Å²) in [6.07, 6.45) is 28.6. The SMILES string of the molecule is CCCCCCCCCCCCCCCCCCCCCCOC(O)(CC)[N+](C)(C)C. The van der Waals surface area contributed by atoms with E-state index in [2.05, 4.69) is 6.92 Å². The highest BCUT2D eigenvalue weighted by molar-refractivity contribution is 4.53. The fourth-order valence-electron chi connectivity index (χ4n) is 4.36. The summed E-state index contributed by atoms with van der Waals surface area (Å²) >= 11 is 0. The smallest absolute Gasteiger partial charge is 0.315 e. The highest BCUT2D eigenvalue weighted by atomic mass is 16.7. The molecule has 0 aliphatic rings. The lowest BCUT2D eigenvalue weighted by Gasteiger charge is -2.40. The Hall–Kier alpha value is -0.120. The minimum Gasteiger partial charge on any atom is -0.319 e. The number of aliphatic hydroxyl groups is 1. The van der Waals surface area contributed by atoms with Crippen molar-refractivity contribution in [2.75, 3.05) is 27.7 Å². The zero-order valence-electron chi connectivity index (χ0n) is 22.4. The number of hydrogen-bond acceptors (Lipinski definition) is 2. The Bertz CT molecular complexity index is 367. The Labute approximate surface area is 196 Å². The van der Waals surface area contributed by atoms with Gasteiger partial charge in [-0.1, -0.05) is 136 Å². The van der Waals surface area contributed by atoms with Gasteiger partial charge in [-0.3, -0.25) is 4.48 Å². The van der Waals surface area contributed by atoms with Gasteiger partial charge in [-0.25, -0.2) is 0 Å². The summed E-state index contributed by atoms with van der Waals surface area (Å²) in [5.74, 6) is -1.05. The van der Waals surface area contributed by atoms with E-state index >= 15 is 0 Å². The molecule has 1 unspecified atom stereocenters. The molecule has 3 heteroatoms. The molecule has 0 radical (unpaired) electrons. The molecule has 0 spiro atoms. The van der Waals surface area contributed by atoms with Gasteiger partial charge in [0.1, 0.15) is 0 Å². The predicted molar refractivity (Wildman–Crippen MR) is 137 cm³/mol. The van der Waals surface area contributed by atoms with Crippen molar-refractivity contribution in [3.8, 4) is 0 Å². The summed E-state index contributed by atoms with van der Waals surface area (Å²) in [4.78, 5) is 0. The Morgan fingerprint density at radius 2 is 0.806 bits per heavy atom. The second kappa shape index (κ2) is 20.5. The molecule has 3 nitrogen and oxygen atoms in total. The minimum absolute atomic E-state index is 0.433. The number of nitrogens with zero attached hydrogens (tertiary/aromatic N) is 1. The van der Waals surface area contributed by atoms with Crippen molar-refractivity contribution in [2.45, 2.75) is 155 Å². The van der Waals surface area contributed by atoms with Crippen LogP contribution in [0.15, 0.2) is 0 Å². The lowest BCUT2D eigenvalue weighted by Crippen LogP contribution is -2.58. The van der Waals surface area contributed by atoms with Crippen LogP contribution >= 0.6 is 0 Å². The summed E-state index contributed by atoms with van der Waals surface area (Å²) in [6.45, 7) is 4.95. The molecule has 31 heavy (non-hydrogen) atoms. The van der Waals surface area contributed by atoms with Gasteiger partial charge in [-0.2, -0.15) is 0 Å². The first-order valence-electron chi connectivity index (χ1n) is 14.0. The van der Waals surface area contributed by atoms with E-state index in [9.17, 15) is 5.11 Å². The standard InChI is InChI=1S/C28H60NO2/c1-6-8-9-10-11-12-13-14-15-16-17-18-19-20-21-22-23-24-25-26-27-31-28(30,7-2)29(3,4)5/h30H,6-27H2,1-5H3/q+1. The van der Waals surface area contributed by atoms with Gasteiger partial charge in [-0.05, 0) is 6.42 Å². The number of quaternary nitrogens is 1. The largest absolute Gasteiger partial charge is 0.319 e. The van der Waals surface area contributed by atoms with Crippen LogP contribution in [0.2, 0.25) is 0 Å². The fraction of sp³-hybridized carbons (Fsp3) is 1.00. The van der Waals surface area contributed by atoms with E-state index < -0.39 is 5.91 Å². The first-order valence-corrected chi connectivity index (χ1v) is 14.0. The third-order valence-electron chi connectivity index (χ3n) is 6.84. The molecule has 0 saturated carbocycles. The topological polar surface area (TPSA) is 29.5 Å². The average molecular weight is 443 g/mol. The highest BCUT2D eigenvalue weighted by Crippen LogP contribution is 2.22. The normalized spacial score (nSPS) is 14.1. The summed E-state index contributed by atoms with van der Waals surface area (Å²) in [5.41, 5.74) is 0. The van der Waals surface area contributed by atoms with Crippen molar-refractivity contribution in [2.24, 2.45) is 0 Å². The summed E-state index contributed by atoms with van der Waals surface area (Å²) in [7, 11) is 5.96. The molecule has 0 aliphatic carbocycles. The van der Waals surface area contributed by atoms with E-state index in [1.54, 1.807) is 0 Å². The Morgan fingerprint density at radius 3 is 1.06 bits per heavy atom. The number of ether oxygens (including phenoxy) is 1. The van der Waals surface area contributed by atoms with Gasteiger partial charge in [0.2, 0.25) is 0 Å². The van der Waals surface area contributed by atoms with Crippen molar-refractivity contribution >= 4 is 0 Å². The molecule has 0 aromatic heterocycles. The van der Waals surface area contributed by atoms with Crippen LogP contribution in [0, 0.1) is 0 Å². The van der Waals surface area contributed by atoms with Crippen LogP contribution in [0.5, 0.6) is 0 Å². The van der Waals surface area contributed by atoms with Gasteiger partial charge >= 0.3 is 5.91 Å². The molecule has 1 atom stereocenters. The first-order chi connectivity index (χ1) is 14.9. The van der Waals surface area contributed by atoms with E-state index in [-0.39, 0.29) is 0 Å². The molecule has 188 valence electrons. The second-order valence-electron chi connectivity index (χ2n) is 10.7. The summed E-state index contributed by atoms with van der Waals surface area (Å²) < 4.78 is 6.24. The van der Waals surface area contributed by atoms with E-state index in [1.807, 2.05) is 28.1 Å². The molecule has 0 rings (SSSR count). The number of unbranched alkanes of at least 4 members (excludes halogenated alkanes) is 19. The number of hydrogen-bond donors (Lipinski definition) is 1. The quantitative estimate of drug-likeness (QED) is 0.0921. The van der Waals surface area contributed by atoms with Crippen molar-refractivity contribution in [1.29, 1.82) is 0 Å². The third kappa shape index (κ3) is 18.0. The van der Waals surface area contributed by atoms with Crippen molar-refractivity contribution < 1.29 is 14.3 Å². The molecular weight excluding hydrogens is 382 g/mol. The molecule has 0 aromatic carbocycles. The maximum absolute atomic E-state index is 10.6. The van der Waals surface area contributed by atoms with E-state index in [0.29, 0.717) is 17.5 Å². The molecule has 0 saturated heterocycles. The summed E-state index contributed by atoms with van der Waals surface area (Å²) in [5, 5.41) is 10.6. The average Bonchev–Trinajstić information content (AvgIpc) is 2.73. The van der Waals surface area contributed by atoms with Gasteiger partial charge in [0, 0.05) is 0 Å². The summed E-state index contributed by atoms with van der Waals surface area (Å²) in [6, 6.07) is 0. The Kier molecular flexibility index (Phi) is 20.4. The fourth-order valence-corrected chi connectivity index (χ4v) is 4.36. The van der Waals surface area contributed by atoms with Crippen molar-refractivity contribution in [3.63, 3.8) is 0 Å². The van der Waals surface area contributed by atoms with Crippen LogP contribution in [-0.4, -0.2) is 43.3 Å². The highest BCUT2D eigenvalue weighted by Gasteiger charge is 2.40. The van der Waals surface area contributed by atoms with Crippen LogP contribution in [0.3, 0.4) is 0 Å². The van der Waals surface area contributed by atoms with E-state index in [1.165, 1.54) is 122 Å². The van der Waals surface area contributed by atoms with Crippen LogP contribution < -0.4 is 0 Å².